The number of halogens is 5. The van der Waals surface area contributed by atoms with E-state index in [1.54, 1.807) is 0 Å². The van der Waals surface area contributed by atoms with E-state index in [9.17, 15) is 22.4 Å². The van der Waals surface area contributed by atoms with Gasteiger partial charge in [-0.1, -0.05) is 23.7 Å². The molecule has 1 aromatic rings. The summed E-state index contributed by atoms with van der Waals surface area (Å²) in [7, 11) is 0. The molecule has 106 valence electrons. The highest BCUT2D eigenvalue weighted by atomic mass is 35.5. The van der Waals surface area contributed by atoms with Crippen LogP contribution in [0, 0.1) is 5.82 Å². The Hall–Kier alpha value is -1.34. The summed E-state index contributed by atoms with van der Waals surface area (Å²) >= 11 is 5.50. The first-order valence-corrected chi connectivity index (χ1v) is 5.50. The first kappa shape index (κ1) is 15.7. The zero-order valence-corrected chi connectivity index (χ0v) is 10.3. The first-order chi connectivity index (χ1) is 8.69. The fraction of sp³-hybridized carbons (Fsp3) is 0.364. The number of nitrogens with zero attached hydrogens (tertiary/aromatic N) is 1. The molecule has 0 radical (unpaired) electrons. The molecule has 1 N–H and O–H groups in total. The van der Waals surface area contributed by atoms with Crippen LogP contribution >= 0.6 is 11.6 Å². The molecule has 0 unspecified atom stereocenters. The van der Waals surface area contributed by atoms with E-state index < -0.39 is 37.6 Å². The summed E-state index contributed by atoms with van der Waals surface area (Å²) < 4.78 is 50.4. The molecule has 3 nitrogen and oxygen atoms in total. The Labute approximate surface area is 111 Å². The van der Waals surface area contributed by atoms with E-state index in [2.05, 4.69) is 0 Å². The highest BCUT2D eigenvalue weighted by Gasteiger charge is 2.31. The third-order valence-electron chi connectivity index (χ3n) is 2.19. The van der Waals surface area contributed by atoms with Crippen molar-refractivity contribution in [3.63, 3.8) is 0 Å². The van der Waals surface area contributed by atoms with Crippen molar-refractivity contribution < 1.29 is 27.5 Å². The Bertz CT molecular complexity index is 464. The lowest BCUT2D eigenvalue weighted by atomic mass is 10.2. The van der Waals surface area contributed by atoms with Gasteiger partial charge in [0.1, 0.15) is 5.82 Å². The molecule has 0 aliphatic heterocycles. The van der Waals surface area contributed by atoms with E-state index in [4.69, 9.17) is 16.7 Å². The van der Waals surface area contributed by atoms with Gasteiger partial charge in [-0.3, -0.25) is 9.69 Å². The molecule has 0 heterocycles. The van der Waals surface area contributed by atoms with Gasteiger partial charge in [0.05, 0.1) is 18.1 Å². The van der Waals surface area contributed by atoms with Crippen LogP contribution < -0.4 is 0 Å². The molecule has 0 saturated carbocycles. The van der Waals surface area contributed by atoms with Gasteiger partial charge in [-0.15, -0.1) is 0 Å². The third kappa shape index (κ3) is 5.44. The highest BCUT2D eigenvalue weighted by molar-refractivity contribution is 6.30. The summed E-state index contributed by atoms with van der Waals surface area (Å²) in [4.78, 5) is 11.1. The van der Waals surface area contributed by atoms with Crippen LogP contribution in [0.3, 0.4) is 0 Å². The summed E-state index contributed by atoms with van der Waals surface area (Å²) in [5.74, 6) is -2.27. The minimum Gasteiger partial charge on any atom is -0.480 e. The lowest BCUT2D eigenvalue weighted by Crippen LogP contribution is -2.37. The van der Waals surface area contributed by atoms with Gasteiger partial charge in [-0.2, -0.15) is 13.2 Å². The predicted octanol–water partition coefficient (Wildman–Crippen LogP) is 2.93. The topological polar surface area (TPSA) is 40.5 Å². The minimum atomic E-state index is -4.56. The molecule has 0 saturated heterocycles. The van der Waals surface area contributed by atoms with Crippen LogP contribution in [0.25, 0.3) is 0 Å². The maximum absolute atomic E-state index is 13.5. The van der Waals surface area contributed by atoms with Crippen molar-refractivity contribution >= 4 is 17.6 Å². The molecule has 8 heteroatoms. The van der Waals surface area contributed by atoms with Crippen molar-refractivity contribution in [1.82, 2.24) is 4.90 Å². The second-order valence-corrected chi connectivity index (χ2v) is 4.27. The average molecular weight is 300 g/mol. The second kappa shape index (κ2) is 6.21. The van der Waals surface area contributed by atoms with Crippen molar-refractivity contribution in [1.29, 1.82) is 0 Å². The van der Waals surface area contributed by atoms with Gasteiger partial charge in [-0.25, -0.2) is 4.39 Å². The van der Waals surface area contributed by atoms with E-state index in [0.29, 0.717) is 4.90 Å². The Kier molecular flexibility index (Phi) is 5.13. The number of benzene rings is 1. The van der Waals surface area contributed by atoms with Gasteiger partial charge in [0.15, 0.2) is 0 Å². The Morgan fingerprint density at radius 3 is 2.53 bits per heavy atom. The average Bonchev–Trinajstić information content (AvgIpc) is 2.21. The molecule has 1 rings (SSSR count). The maximum Gasteiger partial charge on any atom is 0.401 e. The molecule has 0 aliphatic carbocycles. The molecule has 0 atom stereocenters. The summed E-state index contributed by atoms with van der Waals surface area (Å²) in [5.41, 5.74) is -0.0852. The molecule has 0 spiro atoms. The zero-order valence-electron chi connectivity index (χ0n) is 9.55. The second-order valence-electron chi connectivity index (χ2n) is 3.87. The van der Waals surface area contributed by atoms with Crippen LogP contribution in [0.2, 0.25) is 5.02 Å². The Morgan fingerprint density at radius 1 is 1.37 bits per heavy atom. The van der Waals surface area contributed by atoms with Crippen LogP contribution in [-0.2, 0) is 11.3 Å². The number of rotatable bonds is 5. The van der Waals surface area contributed by atoms with E-state index >= 15 is 0 Å². The van der Waals surface area contributed by atoms with E-state index in [0.717, 1.165) is 0 Å². The monoisotopic (exact) mass is 299 g/mol. The van der Waals surface area contributed by atoms with Gasteiger partial charge in [-0.05, 0) is 6.07 Å². The zero-order chi connectivity index (χ0) is 14.6. The summed E-state index contributed by atoms with van der Waals surface area (Å²) in [5, 5.41) is 8.33. The van der Waals surface area contributed by atoms with Crippen LogP contribution in [0.4, 0.5) is 17.6 Å². The van der Waals surface area contributed by atoms with Crippen molar-refractivity contribution in [2.45, 2.75) is 12.7 Å². The number of hydrogen-bond acceptors (Lipinski definition) is 2. The Balaban J connectivity index is 2.87. The van der Waals surface area contributed by atoms with Gasteiger partial charge >= 0.3 is 12.1 Å². The molecular weight excluding hydrogens is 290 g/mol. The normalized spacial score (nSPS) is 11.9. The summed E-state index contributed by atoms with van der Waals surface area (Å²) in [6.45, 7) is -2.77. The number of aliphatic carboxylic acids is 1. The fourth-order valence-electron chi connectivity index (χ4n) is 1.52. The number of carboxylic acids is 1. The predicted molar refractivity (Wildman–Crippen MR) is 60.4 cm³/mol. The number of alkyl halides is 3. The van der Waals surface area contributed by atoms with Crippen LogP contribution in [0.5, 0.6) is 0 Å². The standard InChI is InChI=1S/C11H10ClF4NO2/c12-8-3-1-2-7(10(8)13)4-17(5-9(18)19)6-11(14,15)16/h1-3H,4-6H2,(H,18,19). The lowest BCUT2D eigenvalue weighted by molar-refractivity contribution is -0.154. The first-order valence-electron chi connectivity index (χ1n) is 5.13. The number of carbonyl (C=O) groups is 1. The quantitative estimate of drug-likeness (QED) is 0.850. The maximum atomic E-state index is 13.5. The molecule has 0 bridgehead atoms. The lowest BCUT2D eigenvalue weighted by Gasteiger charge is -2.22. The minimum absolute atomic E-state index is 0.0852. The van der Waals surface area contributed by atoms with Gasteiger partial charge < -0.3 is 5.11 Å². The molecule has 0 aliphatic rings. The van der Waals surface area contributed by atoms with Crippen molar-refractivity contribution in [2.24, 2.45) is 0 Å². The molecule has 0 amide bonds. The molecule has 19 heavy (non-hydrogen) atoms. The number of carboxylic acid groups (broad SMARTS) is 1. The van der Waals surface area contributed by atoms with Crippen molar-refractivity contribution in [2.75, 3.05) is 13.1 Å². The van der Waals surface area contributed by atoms with Crippen molar-refractivity contribution in [3.8, 4) is 0 Å². The molecule has 0 aromatic heterocycles. The van der Waals surface area contributed by atoms with Crippen LogP contribution in [0.1, 0.15) is 5.56 Å². The smallest absolute Gasteiger partial charge is 0.401 e. The molecular formula is C11H10ClF4NO2. The number of hydrogen-bond donors (Lipinski definition) is 1. The summed E-state index contributed by atoms with van der Waals surface area (Å²) in [6, 6.07) is 3.89. The highest BCUT2D eigenvalue weighted by Crippen LogP contribution is 2.22. The van der Waals surface area contributed by atoms with E-state index in [1.807, 2.05) is 0 Å². The van der Waals surface area contributed by atoms with Crippen LogP contribution in [-0.4, -0.2) is 35.2 Å². The molecule has 0 fully saturated rings. The van der Waals surface area contributed by atoms with Gasteiger partial charge in [0.2, 0.25) is 0 Å². The van der Waals surface area contributed by atoms with E-state index in [1.165, 1.54) is 18.2 Å². The fourth-order valence-corrected chi connectivity index (χ4v) is 1.72. The van der Waals surface area contributed by atoms with Crippen LogP contribution in [0.15, 0.2) is 18.2 Å². The van der Waals surface area contributed by atoms with Gasteiger partial charge in [0.25, 0.3) is 0 Å². The molecule has 1 aromatic carbocycles. The van der Waals surface area contributed by atoms with Gasteiger partial charge in [0, 0.05) is 12.1 Å². The summed E-state index contributed by atoms with van der Waals surface area (Å²) in [6.07, 6.45) is -4.56. The van der Waals surface area contributed by atoms with E-state index in [-0.39, 0.29) is 10.6 Å². The largest absolute Gasteiger partial charge is 0.480 e. The van der Waals surface area contributed by atoms with Crippen molar-refractivity contribution in [3.05, 3.63) is 34.6 Å². The SMILES string of the molecule is O=C(O)CN(Cc1cccc(Cl)c1F)CC(F)(F)F. The Morgan fingerprint density at radius 2 is 2.00 bits per heavy atom. The third-order valence-corrected chi connectivity index (χ3v) is 2.48.